The zero-order valence-corrected chi connectivity index (χ0v) is 6.67. The van der Waals surface area contributed by atoms with Crippen LogP contribution >= 0.6 is 11.6 Å². The highest BCUT2D eigenvalue weighted by atomic mass is 35.5. The highest BCUT2D eigenvalue weighted by Gasteiger charge is 2.06. The maximum atomic E-state index is 9.17. The molecule has 1 aromatic heterocycles. The van der Waals surface area contributed by atoms with E-state index in [-0.39, 0.29) is 16.8 Å². The molecule has 0 amide bonds. The van der Waals surface area contributed by atoms with Gasteiger partial charge in [-0.05, 0) is 0 Å². The van der Waals surface area contributed by atoms with Crippen molar-refractivity contribution < 1.29 is 9.52 Å². The van der Waals surface area contributed by atoms with Crippen molar-refractivity contribution in [2.24, 2.45) is 0 Å². The van der Waals surface area contributed by atoms with Gasteiger partial charge >= 0.3 is 0 Å². The summed E-state index contributed by atoms with van der Waals surface area (Å²) in [5, 5.41) is 9.39. The van der Waals surface area contributed by atoms with E-state index in [1.165, 1.54) is 12.1 Å². The molecule has 12 heavy (non-hydrogen) atoms. The Morgan fingerprint density at radius 3 is 3.00 bits per heavy atom. The van der Waals surface area contributed by atoms with Crippen LogP contribution in [-0.2, 0) is 0 Å². The molecule has 0 aliphatic carbocycles. The summed E-state index contributed by atoms with van der Waals surface area (Å²) in [5.41, 5.74) is 6.25. The van der Waals surface area contributed by atoms with Crippen LogP contribution in [0.5, 0.6) is 5.75 Å². The molecule has 0 saturated heterocycles. The number of nitrogen functional groups attached to an aromatic ring is 1. The van der Waals surface area contributed by atoms with Crippen molar-refractivity contribution in [3.63, 3.8) is 0 Å². The van der Waals surface area contributed by atoms with Crippen molar-refractivity contribution in [2.75, 3.05) is 5.73 Å². The molecule has 0 bridgehead atoms. The van der Waals surface area contributed by atoms with Crippen molar-refractivity contribution in [3.05, 3.63) is 17.2 Å². The summed E-state index contributed by atoms with van der Waals surface area (Å²) in [7, 11) is 0. The van der Waals surface area contributed by atoms with Crippen LogP contribution in [0.25, 0.3) is 11.1 Å². The van der Waals surface area contributed by atoms with Gasteiger partial charge in [-0.25, -0.2) is 0 Å². The topological polar surface area (TPSA) is 72.3 Å². The van der Waals surface area contributed by atoms with Crippen molar-refractivity contribution in [1.82, 2.24) is 4.98 Å². The Labute approximate surface area is 72.6 Å². The van der Waals surface area contributed by atoms with E-state index in [2.05, 4.69) is 4.98 Å². The van der Waals surface area contributed by atoms with Crippen LogP contribution in [0.15, 0.2) is 16.5 Å². The third kappa shape index (κ3) is 0.967. The van der Waals surface area contributed by atoms with Gasteiger partial charge in [0.15, 0.2) is 5.58 Å². The van der Waals surface area contributed by atoms with E-state index >= 15 is 0 Å². The molecular weight excluding hydrogens is 180 g/mol. The largest absolute Gasteiger partial charge is 0.506 e. The van der Waals surface area contributed by atoms with Gasteiger partial charge in [-0.2, -0.15) is 4.98 Å². The fraction of sp³-hybridized carbons (Fsp3) is 0. The Hall–Kier alpha value is -1.42. The lowest BCUT2D eigenvalue weighted by Gasteiger charge is -1.92. The number of phenols is 1. The second kappa shape index (κ2) is 2.28. The number of aromatic nitrogens is 1. The third-order valence-electron chi connectivity index (χ3n) is 1.47. The summed E-state index contributed by atoms with van der Waals surface area (Å²) in [4.78, 5) is 3.81. The number of aromatic hydroxyl groups is 1. The van der Waals surface area contributed by atoms with Crippen molar-refractivity contribution in [3.8, 4) is 5.75 Å². The Morgan fingerprint density at radius 2 is 2.25 bits per heavy atom. The van der Waals surface area contributed by atoms with E-state index in [1.54, 1.807) is 0 Å². The zero-order valence-electron chi connectivity index (χ0n) is 5.91. The van der Waals surface area contributed by atoms with Crippen LogP contribution in [0.4, 0.5) is 6.01 Å². The number of oxazole rings is 1. The van der Waals surface area contributed by atoms with Gasteiger partial charge in [0.25, 0.3) is 6.01 Å². The SMILES string of the molecule is Nc1nc2cc(O)c(Cl)cc2o1. The van der Waals surface area contributed by atoms with Gasteiger partial charge in [-0.15, -0.1) is 0 Å². The Bertz CT molecular complexity index is 399. The maximum Gasteiger partial charge on any atom is 0.292 e. The molecule has 1 heterocycles. The normalized spacial score (nSPS) is 10.8. The van der Waals surface area contributed by atoms with Crippen LogP contribution in [0, 0.1) is 0 Å². The number of fused-ring (bicyclic) bond motifs is 1. The molecule has 3 N–H and O–H groups in total. The third-order valence-corrected chi connectivity index (χ3v) is 1.78. The minimum Gasteiger partial charge on any atom is -0.506 e. The molecule has 2 rings (SSSR count). The summed E-state index contributed by atoms with van der Waals surface area (Å²) < 4.78 is 4.97. The summed E-state index contributed by atoms with van der Waals surface area (Å²) >= 11 is 5.62. The fourth-order valence-electron chi connectivity index (χ4n) is 0.956. The highest BCUT2D eigenvalue weighted by Crippen LogP contribution is 2.29. The Balaban J connectivity index is 2.83. The molecule has 2 aromatic rings. The summed E-state index contributed by atoms with van der Waals surface area (Å²) in [6, 6.07) is 2.93. The lowest BCUT2D eigenvalue weighted by molar-refractivity contribution is 0.476. The molecule has 0 saturated carbocycles. The molecule has 0 atom stereocenters. The maximum absolute atomic E-state index is 9.17. The Morgan fingerprint density at radius 1 is 1.50 bits per heavy atom. The van der Waals surface area contributed by atoms with Gasteiger partial charge in [-0.1, -0.05) is 11.6 Å². The number of anilines is 1. The second-order valence-electron chi connectivity index (χ2n) is 2.32. The molecule has 4 nitrogen and oxygen atoms in total. The predicted octanol–water partition coefficient (Wildman–Crippen LogP) is 1.77. The molecule has 1 aromatic carbocycles. The van der Waals surface area contributed by atoms with Gasteiger partial charge in [-0.3, -0.25) is 0 Å². The number of hydrogen-bond donors (Lipinski definition) is 2. The first-order chi connectivity index (χ1) is 5.66. The van der Waals surface area contributed by atoms with E-state index in [0.29, 0.717) is 11.1 Å². The number of phenolic OH excluding ortho intramolecular Hbond substituents is 1. The van der Waals surface area contributed by atoms with Gasteiger partial charge in [0.05, 0.1) is 5.02 Å². The average Bonchev–Trinajstić information content (AvgIpc) is 2.30. The molecule has 62 valence electrons. The van der Waals surface area contributed by atoms with Crippen molar-refractivity contribution in [1.29, 1.82) is 0 Å². The summed E-state index contributed by atoms with van der Waals surface area (Å²) in [6.45, 7) is 0. The molecular formula is C7H5ClN2O2. The molecule has 0 aliphatic heterocycles. The Kier molecular flexibility index (Phi) is 1.38. The van der Waals surface area contributed by atoms with E-state index in [9.17, 15) is 5.11 Å². The predicted molar refractivity (Wildman–Crippen MR) is 45.1 cm³/mol. The quantitative estimate of drug-likeness (QED) is 0.655. The van der Waals surface area contributed by atoms with Crippen LogP contribution in [0.3, 0.4) is 0 Å². The lowest BCUT2D eigenvalue weighted by atomic mass is 10.3. The number of nitrogens with two attached hydrogens (primary N) is 1. The minimum atomic E-state index is -0.0301. The van der Waals surface area contributed by atoms with Gasteiger partial charge in [0.2, 0.25) is 0 Å². The van der Waals surface area contributed by atoms with E-state index < -0.39 is 0 Å². The molecule has 0 spiro atoms. The first-order valence-corrected chi connectivity index (χ1v) is 3.59. The number of nitrogens with zero attached hydrogens (tertiary/aromatic N) is 1. The van der Waals surface area contributed by atoms with Crippen molar-refractivity contribution >= 4 is 28.7 Å². The molecule has 0 unspecified atom stereocenters. The first kappa shape index (κ1) is 7.24. The summed E-state index contributed by atoms with van der Waals surface area (Å²) in [6.07, 6.45) is 0. The number of halogens is 1. The van der Waals surface area contributed by atoms with Gasteiger partial charge < -0.3 is 15.3 Å². The zero-order chi connectivity index (χ0) is 8.72. The van der Waals surface area contributed by atoms with E-state index in [4.69, 9.17) is 21.8 Å². The van der Waals surface area contributed by atoms with Gasteiger partial charge in [0, 0.05) is 12.1 Å². The number of rotatable bonds is 0. The molecule has 5 heteroatoms. The van der Waals surface area contributed by atoms with Crippen LogP contribution in [-0.4, -0.2) is 10.1 Å². The summed E-state index contributed by atoms with van der Waals surface area (Å²) in [5.74, 6) is -0.0301. The van der Waals surface area contributed by atoms with E-state index in [1.807, 2.05) is 0 Å². The first-order valence-electron chi connectivity index (χ1n) is 3.21. The second-order valence-corrected chi connectivity index (χ2v) is 2.73. The molecule has 0 aliphatic rings. The number of benzene rings is 1. The minimum absolute atomic E-state index is 0.0301. The van der Waals surface area contributed by atoms with Crippen LogP contribution < -0.4 is 5.73 Å². The monoisotopic (exact) mass is 184 g/mol. The van der Waals surface area contributed by atoms with Crippen LogP contribution in [0.2, 0.25) is 5.02 Å². The number of hydrogen-bond acceptors (Lipinski definition) is 4. The lowest BCUT2D eigenvalue weighted by Crippen LogP contribution is -1.80. The smallest absolute Gasteiger partial charge is 0.292 e. The molecule has 0 fully saturated rings. The average molecular weight is 185 g/mol. The highest BCUT2D eigenvalue weighted by molar-refractivity contribution is 6.32. The standard InChI is InChI=1S/C7H5ClN2O2/c8-3-1-6-4(2-5(3)11)10-7(9)12-6/h1-2,11H,(H2,9,10). The van der Waals surface area contributed by atoms with Gasteiger partial charge in [0.1, 0.15) is 11.3 Å². The van der Waals surface area contributed by atoms with E-state index in [0.717, 1.165) is 0 Å². The van der Waals surface area contributed by atoms with Crippen LogP contribution in [0.1, 0.15) is 0 Å². The fourth-order valence-corrected chi connectivity index (χ4v) is 1.11. The molecule has 0 radical (unpaired) electrons. The van der Waals surface area contributed by atoms with Crippen molar-refractivity contribution in [2.45, 2.75) is 0 Å².